The topological polar surface area (TPSA) is 0 Å². The Balaban J connectivity index is 3.25. The molecular weight excluding hydrogens is 198 g/mol. The molecule has 3 heteroatoms. The second-order valence-electron chi connectivity index (χ2n) is 1.87. The summed E-state index contributed by atoms with van der Waals surface area (Å²) in [5.74, 6) is 0. The minimum absolute atomic E-state index is 0.803. The summed E-state index contributed by atoms with van der Waals surface area (Å²) >= 11 is 9.14. The van der Waals surface area contributed by atoms with Gasteiger partial charge in [-0.05, 0) is 22.0 Å². The van der Waals surface area contributed by atoms with Gasteiger partial charge in [0.05, 0.1) is 0 Å². The molecule has 0 fully saturated rings. The van der Waals surface area contributed by atoms with E-state index in [4.69, 9.17) is 11.6 Å². The van der Waals surface area contributed by atoms with Crippen molar-refractivity contribution in [1.82, 2.24) is 0 Å². The highest BCUT2D eigenvalue weighted by molar-refractivity contribution is 9.10. The van der Waals surface area contributed by atoms with Crippen LogP contribution < -0.4 is 5.46 Å². The zero-order chi connectivity index (χ0) is 6.85. The zero-order valence-corrected chi connectivity index (χ0v) is 7.33. The van der Waals surface area contributed by atoms with Crippen molar-refractivity contribution in [3.8, 4) is 0 Å². The smallest absolute Gasteiger partial charge is 0.0837 e. The van der Waals surface area contributed by atoms with Crippen molar-refractivity contribution < 1.29 is 0 Å². The van der Waals surface area contributed by atoms with Crippen LogP contribution in [-0.4, -0.2) is 7.85 Å². The molecule has 0 aliphatic rings. The van der Waals surface area contributed by atoms with Crippen LogP contribution >= 0.6 is 27.5 Å². The first-order valence-electron chi connectivity index (χ1n) is 2.62. The summed E-state index contributed by atoms with van der Waals surface area (Å²) in [4.78, 5) is 0. The van der Waals surface area contributed by atoms with E-state index in [9.17, 15) is 0 Å². The van der Waals surface area contributed by atoms with Crippen LogP contribution in [0.1, 0.15) is 0 Å². The number of rotatable bonds is 0. The van der Waals surface area contributed by atoms with E-state index < -0.39 is 0 Å². The van der Waals surface area contributed by atoms with Gasteiger partial charge in [0, 0.05) is 9.50 Å². The molecule has 1 aromatic rings. The third-order valence-electron chi connectivity index (χ3n) is 1.14. The lowest BCUT2D eigenvalue weighted by atomic mass is 9.97. The van der Waals surface area contributed by atoms with Gasteiger partial charge >= 0.3 is 0 Å². The first-order valence-corrected chi connectivity index (χ1v) is 3.79. The van der Waals surface area contributed by atoms with E-state index in [0.29, 0.717) is 0 Å². The van der Waals surface area contributed by atoms with Crippen molar-refractivity contribution in [3.63, 3.8) is 0 Å². The van der Waals surface area contributed by atoms with Gasteiger partial charge in [-0.2, -0.15) is 0 Å². The molecule has 0 unspecified atom stereocenters. The molecule has 0 spiro atoms. The molecular formula is C6H5BBrCl. The second-order valence-corrected chi connectivity index (χ2v) is 3.10. The van der Waals surface area contributed by atoms with E-state index in [1.54, 1.807) is 0 Å². The Labute approximate surface area is 68.8 Å². The van der Waals surface area contributed by atoms with Gasteiger partial charge in [-0.25, -0.2) is 0 Å². The predicted octanol–water partition coefficient (Wildman–Crippen LogP) is 1.36. The molecule has 9 heavy (non-hydrogen) atoms. The van der Waals surface area contributed by atoms with Gasteiger partial charge < -0.3 is 0 Å². The zero-order valence-electron chi connectivity index (χ0n) is 4.99. The highest BCUT2D eigenvalue weighted by Gasteiger charge is 1.96. The van der Waals surface area contributed by atoms with Crippen molar-refractivity contribution in [1.29, 1.82) is 0 Å². The lowest BCUT2D eigenvalue weighted by molar-refractivity contribution is 1.70. The fourth-order valence-corrected chi connectivity index (χ4v) is 1.20. The third kappa shape index (κ3) is 1.49. The van der Waals surface area contributed by atoms with Gasteiger partial charge in [-0.3, -0.25) is 0 Å². The maximum Gasteiger partial charge on any atom is 0.141 e. The van der Waals surface area contributed by atoms with Gasteiger partial charge in [0.15, 0.2) is 0 Å². The number of hydrogen-bond donors (Lipinski definition) is 0. The molecule has 1 aromatic carbocycles. The van der Waals surface area contributed by atoms with Crippen LogP contribution in [0.4, 0.5) is 0 Å². The van der Waals surface area contributed by atoms with Crippen LogP contribution in [0.3, 0.4) is 0 Å². The van der Waals surface area contributed by atoms with Crippen molar-refractivity contribution in [2.75, 3.05) is 0 Å². The van der Waals surface area contributed by atoms with Gasteiger partial charge in [-0.1, -0.05) is 29.2 Å². The Kier molecular flexibility index (Phi) is 2.20. The molecule has 0 N–H and O–H groups in total. The molecule has 1 rings (SSSR count). The fourth-order valence-electron chi connectivity index (χ4n) is 0.612. The summed E-state index contributed by atoms with van der Waals surface area (Å²) in [6, 6.07) is 5.87. The first-order chi connectivity index (χ1) is 4.22. The average Bonchev–Trinajstić information content (AvgIpc) is 1.83. The minimum Gasteiger partial charge on any atom is -0.0837 e. The average molecular weight is 203 g/mol. The molecule has 0 atom stereocenters. The molecule has 0 saturated carbocycles. The van der Waals surface area contributed by atoms with E-state index in [1.807, 2.05) is 26.0 Å². The van der Waals surface area contributed by atoms with Crippen molar-refractivity contribution >= 4 is 40.8 Å². The Bertz CT molecular complexity index is 204. The Morgan fingerprint density at radius 2 is 2.11 bits per heavy atom. The maximum absolute atomic E-state index is 5.83. The van der Waals surface area contributed by atoms with E-state index >= 15 is 0 Å². The summed E-state index contributed by atoms with van der Waals surface area (Å²) in [5, 5.41) is 0.803. The van der Waals surface area contributed by atoms with Crippen LogP contribution in [-0.2, 0) is 0 Å². The van der Waals surface area contributed by atoms with Crippen molar-refractivity contribution in [3.05, 3.63) is 27.7 Å². The fraction of sp³-hybridized carbons (Fsp3) is 0. The SMILES string of the molecule is Bc1cccc(Br)c1Cl. The summed E-state index contributed by atoms with van der Waals surface area (Å²) in [6.07, 6.45) is 0. The quantitative estimate of drug-likeness (QED) is 0.559. The molecule has 0 saturated heterocycles. The van der Waals surface area contributed by atoms with E-state index in [0.717, 1.165) is 15.0 Å². The maximum atomic E-state index is 5.83. The van der Waals surface area contributed by atoms with Crippen LogP contribution in [0.25, 0.3) is 0 Å². The highest BCUT2D eigenvalue weighted by atomic mass is 79.9. The number of halogens is 2. The molecule has 0 amide bonds. The van der Waals surface area contributed by atoms with E-state index in [2.05, 4.69) is 15.9 Å². The van der Waals surface area contributed by atoms with E-state index in [-0.39, 0.29) is 0 Å². The summed E-state index contributed by atoms with van der Waals surface area (Å²) in [5.41, 5.74) is 1.10. The third-order valence-corrected chi connectivity index (χ3v) is 2.54. The Morgan fingerprint density at radius 3 is 2.56 bits per heavy atom. The normalized spacial score (nSPS) is 9.56. The molecule has 0 aliphatic heterocycles. The van der Waals surface area contributed by atoms with Crippen LogP contribution in [0.2, 0.25) is 5.02 Å². The standard InChI is InChI=1S/C6H5BBrCl/c7-4-2-1-3-5(8)6(4)9/h1-3H,7H2. The van der Waals surface area contributed by atoms with Gasteiger partial charge in [-0.15, -0.1) is 0 Å². The minimum atomic E-state index is 0.803. The van der Waals surface area contributed by atoms with Crippen LogP contribution in [0, 0.1) is 0 Å². The first kappa shape index (κ1) is 7.17. The Hall–Kier alpha value is 0.0549. The second kappa shape index (κ2) is 2.76. The molecule has 0 bridgehead atoms. The molecule has 0 aliphatic carbocycles. The van der Waals surface area contributed by atoms with Gasteiger partial charge in [0.2, 0.25) is 0 Å². The van der Waals surface area contributed by atoms with Gasteiger partial charge in [0.25, 0.3) is 0 Å². The van der Waals surface area contributed by atoms with Gasteiger partial charge in [0.1, 0.15) is 7.85 Å². The molecule has 0 radical (unpaired) electrons. The number of benzene rings is 1. The molecule has 0 aromatic heterocycles. The monoisotopic (exact) mass is 202 g/mol. The lowest BCUT2D eigenvalue weighted by Gasteiger charge is -1.96. The highest BCUT2D eigenvalue weighted by Crippen LogP contribution is 2.18. The summed E-state index contributed by atoms with van der Waals surface area (Å²) in [6.45, 7) is 0. The summed E-state index contributed by atoms with van der Waals surface area (Å²) < 4.78 is 0.962. The lowest BCUT2D eigenvalue weighted by Crippen LogP contribution is -2.02. The molecule has 0 heterocycles. The molecule has 0 nitrogen and oxygen atoms in total. The number of hydrogen-bond acceptors (Lipinski definition) is 0. The molecule has 46 valence electrons. The van der Waals surface area contributed by atoms with Crippen molar-refractivity contribution in [2.24, 2.45) is 0 Å². The van der Waals surface area contributed by atoms with E-state index in [1.165, 1.54) is 0 Å². The Morgan fingerprint density at radius 1 is 1.44 bits per heavy atom. The van der Waals surface area contributed by atoms with Crippen LogP contribution in [0.5, 0.6) is 0 Å². The predicted molar refractivity (Wildman–Crippen MR) is 47.3 cm³/mol. The van der Waals surface area contributed by atoms with Crippen molar-refractivity contribution in [2.45, 2.75) is 0 Å². The largest absolute Gasteiger partial charge is 0.141 e. The summed E-state index contributed by atoms with van der Waals surface area (Å²) in [7, 11) is 1.98. The van der Waals surface area contributed by atoms with Crippen LogP contribution in [0.15, 0.2) is 22.7 Å².